The minimum Gasteiger partial charge on any atom is -0.316 e. The molecule has 159 valence electrons. The monoisotopic (exact) mass is 593 g/mol. The third kappa shape index (κ3) is 3.95. The molecule has 1 radical (unpaired) electrons. The first kappa shape index (κ1) is 21.9. The first-order valence-electron chi connectivity index (χ1n) is 10.4. The Morgan fingerprint density at radius 1 is 0.625 bits per heavy atom. The normalized spacial score (nSPS) is 10.6. The summed E-state index contributed by atoms with van der Waals surface area (Å²) in [6.45, 7) is 4.27. The molecule has 5 rings (SSSR count). The van der Waals surface area contributed by atoms with Gasteiger partial charge in [0.2, 0.25) is 0 Å². The standard InChI is InChI=1S/C28H22N3.Ir/c1-20-12-11-13-21(2)26(20)31-27(23-16-7-4-8-17-23)29-30-28(31)25-19-10-9-18-24(25)22-14-5-3-6-15-22;/h3-16,18-19H,1-2H3;/q-1;. The van der Waals surface area contributed by atoms with Gasteiger partial charge >= 0.3 is 0 Å². The number of hydrogen-bond donors (Lipinski definition) is 0. The Morgan fingerprint density at radius 2 is 1.25 bits per heavy atom. The minimum absolute atomic E-state index is 0. The first-order chi connectivity index (χ1) is 15.2. The predicted octanol–water partition coefficient (Wildman–Crippen LogP) is 6.68. The van der Waals surface area contributed by atoms with Crippen LogP contribution in [0.5, 0.6) is 0 Å². The average molecular weight is 593 g/mol. The Morgan fingerprint density at radius 3 is 1.94 bits per heavy atom. The summed E-state index contributed by atoms with van der Waals surface area (Å²) < 4.78 is 2.18. The van der Waals surface area contributed by atoms with Gasteiger partial charge in [-0.05, 0) is 36.1 Å². The van der Waals surface area contributed by atoms with Crippen molar-refractivity contribution in [3.8, 4) is 39.6 Å². The second kappa shape index (κ2) is 9.44. The summed E-state index contributed by atoms with van der Waals surface area (Å²) in [5, 5.41) is 9.34. The van der Waals surface area contributed by atoms with E-state index >= 15 is 0 Å². The van der Waals surface area contributed by atoms with Gasteiger partial charge in [0, 0.05) is 31.4 Å². The van der Waals surface area contributed by atoms with E-state index in [1.807, 2.05) is 30.3 Å². The molecule has 5 aromatic rings. The van der Waals surface area contributed by atoms with Gasteiger partial charge in [0.1, 0.15) is 0 Å². The van der Waals surface area contributed by atoms with Crippen molar-refractivity contribution < 1.29 is 20.1 Å². The molecule has 0 saturated carbocycles. The molecular formula is C28H22IrN3-. The maximum atomic E-state index is 4.70. The fraction of sp³-hybridized carbons (Fsp3) is 0.0714. The number of benzene rings is 4. The summed E-state index contributed by atoms with van der Waals surface area (Å²) in [6.07, 6.45) is 0. The van der Waals surface area contributed by atoms with Gasteiger partial charge in [-0.2, -0.15) is 5.10 Å². The molecule has 0 unspecified atom stereocenters. The Kier molecular flexibility index (Phi) is 6.45. The summed E-state index contributed by atoms with van der Waals surface area (Å²) >= 11 is 0. The molecule has 0 amide bonds. The Hall–Kier alpha value is -3.33. The Labute approximate surface area is 202 Å². The Bertz CT molecular complexity index is 1320. The van der Waals surface area contributed by atoms with Crippen LogP contribution in [-0.4, -0.2) is 14.8 Å². The molecule has 0 N–H and O–H groups in total. The zero-order chi connectivity index (χ0) is 21.2. The van der Waals surface area contributed by atoms with Gasteiger partial charge in [-0.25, -0.2) is 0 Å². The van der Waals surface area contributed by atoms with Crippen LogP contribution in [0.3, 0.4) is 0 Å². The fourth-order valence-corrected chi connectivity index (χ4v) is 4.08. The van der Waals surface area contributed by atoms with E-state index in [0.29, 0.717) is 0 Å². The van der Waals surface area contributed by atoms with Crippen molar-refractivity contribution in [1.82, 2.24) is 14.8 Å². The first-order valence-corrected chi connectivity index (χ1v) is 10.4. The van der Waals surface area contributed by atoms with E-state index in [1.54, 1.807) is 0 Å². The van der Waals surface area contributed by atoms with E-state index in [4.69, 9.17) is 5.10 Å². The molecule has 0 aliphatic rings. The Balaban J connectivity index is 0.00000245. The van der Waals surface area contributed by atoms with Crippen molar-refractivity contribution >= 4 is 0 Å². The fourth-order valence-electron chi connectivity index (χ4n) is 4.08. The van der Waals surface area contributed by atoms with Crippen LogP contribution < -0.4 is 0 Å². The number of rotatable bonds is 4. The molecule has 32 heavy (non-hydrogen) atoms. The average Bonchev–Trinajstić information content (AvgIpc) is 3.25. The number of para-hydroxylation sites is 1. The van der Waals surface area contributed by atoms with E-state index in [0.717, 1.165) is 39.6 Å². The molecule has 0 aliphatic heterocycles. The topological polar surface area (TPSA) is 30.7 Å². The molecule has 3 nitrogen and oxygen atoms in total. The van der Waals surface area contributed by atoms with Crippen LogP contribution in [0.1, 0.15) is 11.1 Å². The van der Waals surface area contributed by atoms with Crippen LogP contribution in [0.15, 0.2) is 97.1 Å². The predicted molar refractivity (Wildman–Crippen MR) is 126 cm³/mol. The van der Waals surface area contributed by atoms with Gasteiger partial charge in [-0.1, -0.05) is 72.8 Å². The number of nitrogens with zero attached hydrogens (tertiary/aromatic N) is 3. The molecule has 0 saturated heterocycles. The summed E-state index contributed by atoms with van der Waals surface area (Å²) in [6, 6.07) is 36.4. The third-order valence-electron chi connectivity index (χ3n) is 5.53. The molecule has 4 heteroatoms. The molecule has 0 fully saturated rings. The van der Waals surface area contributed by atoms with Crippen LogP contribution >= 0.6 is 0 Å². The van der Waals surface area contributed by atoms with Crippen LogP contribution in [0.2, 0.25) is 0 Å². The van der Waals surface area contributed by atoms with E-state index in [-0.39, 0.29) is 20.1 Å². The van der Waals surface area contributed by atoms with Crippen molar-refractivity contribution in [2.45, 2.75) is 13.8 Å². The van der Waals surface area contributed by atoms with Crippen LogP contribution in [0.25, 0.3) is 39.6 Å². The van der Waals surface area contributed by atoms with Crippen molar-refractivity contribution in [3.05, 3.63) is 114 Å². The molecular weight excluding hydrogens is 571 g/mol. The van der Waals surface area contributed by atoms with E-state index in [2.05, 4.69) is 96.3 Å². The summed E-state index contributed by atoms with van der Waals surface area (Å²) in [7, 11) is 0. The smallest absolute Gasteiger partial charge is 0.160 e. The minimum atomic E-state index is 0. The third-order valence-corrected chi connectivity index (χ3v) is 5.53. The molecule has 1 heterocycles. The quantitative estimate of drug-likeness (QED) is 0.218. The van der Waals surface area contributed by atoms with E-state index in [1.165, 1.54) is 11.1 Å². The molecule has 4 aromatic carbocycles. The van der Waals surface area contributed by atoms with Gasteiger partial charge in [-0.15, -0.1) is 41.0 Å². The van der Waals surface area contributed by atoms with Gasteiger partial charge < -0.3 is 4.57 Å². The maximum Gasteiger partial charge on any atom is 0.160 e. The zero-order valence-electron chi connectivity index (χ0n) is 17.9. The summed E-state index contributed by atoms with van der Waals surface area (Å²) in [4.78, 5) is 0. The second-order valence-electron chi connectivity index (χ2n) is 7.61. The van der Waals surface area contributed by atoms with Crippen molar-refractivity contribution in [1.29, 1.82) is 0 Å². The summed E-state index contributed by atoms with van der Waals surface area (Å²) in [5.74, 6) is 1.61. The van der Waals surface area contributed by atoms with Gasteiger partial charge in [0.25, 0.3) is 0 Å². The number of aromatic nitrogens is 3. The molecule has 0 bridgehead atoms. The van der Waals surface area contributed by atoms with Crippen LogP contribution in [0.4, 0.5) is 0 Å². The maximum absolute atomic E-state index is 4.70. The van der Waals surface area contributed by atoms with Gasteiger partial charge in [0.05, 0.1) is 5.82 Å². The van der Waals surface area contributed by atoms with E-state index in [9.17, 15) is 0 Å². The van der Waals surface area contributed by atoms with Crippen LogP contribution in [-0.2, 0) is 20.1 Å². The van der Waals surface area contributed by atoms with Gasteiger partial charge in [-0.3, -0.25) is 0 Å². The van der Waals surface area contributed by atoms with Crippen LogP contribution in [0, 0.1) is 19.9 Å². The molecule has 0 spiro atoms. The van der Waals surface area contributed by atoms with Crippen molar-refractivity contribution in [2.75, 3.05) is 0 Å². The summed E-state index contributed by atoms with van der Waals surface area (Å²) in [5.41, 5.74) is 7.71. The molecule has 0 atom stereocenters. The largest absolute Gasteiger partial charge is 0.316 e. The molecule has 0 aliphatic carbocycles. The van der Waals surface area contributed by atoms with E-state index < -0.39 is 0 Å². The number of hydrogen-bond acceptors (Lipinski definition) is 2. The number of aryl methyl sites for hydroxylation is 2. The van der Waals surface area contributed by atoms with Gasteiger partial charge in [0.15, 0.2) is 5.82 Å². The molecule has 1 aromatic heterocycles. The zero-order valence-corrected chi connectivity index (χ0v) is 20.3. The van der Waals surface area contributed by atoms with Crippen molar-refractivity contribution in [2.24, 2.45) is 0 Å². The van der Waals surface area contributed by atoms with Crippen molar-refractivity contribution in [3.63, 3.8) is 0 Å². The SMILES string of the molecule is Cc1cccc(C)c1-n1c(-c2[c-]cccc2)nnc1-c1ccccc1-c1ccccc1.[Ir]. The second-order valence-corrected chi connectivity index (χ2v) is 7.61.